The van der Waals surface area contributed by atoms with Crippen molar-refractivity contribution < 1.29 is 9.59 Å². The van der Waals surface area contributed by atoms with Gasteiger partial charge in [0.15, 0.2) is 11.6 Å². The molecule has 2 aromatic carbocycles. The van der Waals surface area contributed by atoms with E-state index in [4.69, 9.17) is 23.2 Å². The first-order valence-corrected chi connectivity index (χ1v) is 6.89. The number of hydrogen-bond donors (Lipinski definition) is 0. The lowest BCUT2D eigenvalue weighted by molar-refractivity contribution is 0.0917. The van der Waals surface area contributed by atoms with Crippen LogP contribution in [0.25, 0.3) is 0 Å². The fourth-order valence-electron chi connectivity index (χ4n) is 1.84. The summed E-state index contributed by atoms with van der Waals surface area (Å²) in [6.45, 7) is 0. The number of ketones is 2. The zero-order chi connectivity index (χ0) is 14.5. The van der Waals surface area contributed by atoms with Crippen LogP contribution in [0.3, 0.4) is 0 Å². The molecule has 102 valence electrons. The third-order valence-corrected chi connectivity index (χ3v) is 3.34. The van der Waals surface area contributed by atoms with Crippen molar-refractivity contribution in [2.45, 2.75) is 12.8 Å². The van der Waals surface area contributed by atoms with Gasteiger partial charge in [-0.05, 0) is 24.3 Å². The number of halogens is 2. The third-order valence-electron chi connectivity index (χ3n) is 2.87. The zero-order valence-electron chi connectivity index (χ0n) is 10.6. The molecule has 0 aromatic heterocycles. The molecule has 20 heavy (non-hydrogen) atoms. The molecule has 0 heterocycles. The SMILES string of the molecule is O=C(CCC(=O)c1cccc(Cl)c1)c1cccc(Cl)c1. The van der Waals surface area contributed by atoms with Gasteiger partial charge in [-0.25, -0.2) is 0 Å². The lowest BCUT2D eigenvalue weighted by atomic mass is 10.0. The Morgan fingerprint density at radius 3 is 1.50 bits per heavy atom. The molecular formula is C16H12Cl2O2. The highest BCUT2D eigenvalue weighted by atomic mass is 35.5. The lowest BCUT2D eigenvalue weighted by Crippen LogP contribution is -2.05. The first-order chi connectivity index (χ1) is 9.56. The van der Waals surface area contributed by atoms with Crippen molar-refractivity contribution in [1.82, 2.24) is 0 Å². The molecule has 0 aliphatic heterocycles. The minimum Gasteiger partial charge on any atom is -0.294 e. The second-order valence-electron chi connectivity index (χ2n) is 4.37. The molecule has 0 amide bonds. The van der Waals surface area contributed by atoms with Crippen molar-refractivity contribution >= 4 is 34.8 Å². The molecule has 0 N–H and O–H groups in total. The summed E-state index contributed by atoms with van der Waals surface area (Å²) in [7, 11) is 0. The van der Waals surface area contributed by atoms with Gasteiger partial charge in [0.1, 0.15) is 0 Å². The van der Waals surface area contributed by atoms with Crippen molar-refractivity contribution in [3.63, 3.8) is 0 Å². The monoisotopic (exact) mass is 306 g/mol. The van der Waals surface area contributed by atoms with Crippen LogP contribution >= 0.6 is 23.2 Å². The molecule has 0 fully saturated rings. The van der Waals surface area contributed by atoms with Gasteiger partial charge in [0, 0.05) is 34.0 Å². The highest BCUT2D eigenvalue weighted by Gasteiger charge is 2.11. The van der Waals surface area contributed by atoms with Crippen LogP contribution in [0.2, 0.25) is 10.0 Å². The van der Waals surface area contributed by atoms with Crippen LogP contribution in [0.4, 0.5) is 0 Å². The number of carbonyl (C=O) groups is 2. The quantitative estimate of drug-likeness (QED) is 0.741. The first-order valence-electron chi connectivity index (χ1n) is 6.14. The van der Waals surface area contributed by atoms with Gasteiger partial charge in [0.2, 0.25) is 0 Å². The normalized spacial score (nSPS) is 10.3. The largest absolute Gasteiger partial charge is 0.294 e. The summed E-state index contributed by atoms with van der Waals surface area (Å²) in [5.41, 5.74) is 1.05. The average Bonchev–Trinajstić information content (AvgIpc) is 2.44. The van der Waals surface area contributed by atoms with Crippen molar-refractivity contribution in [3.8, 4) is 0 Å². The summed E-state index contributed by atoms with van der Waals surface area (Å²) < 4.78 is 0. The van der Waals surface area contributed by atoms with Crippen LogP contribution in [0.15, 0.2) is 48.5 Å². The molecule has 0 aliphatic rings. The topological polar surface area (TPSA) is 34.1 Å². The minimum atomic E-state index is -0.0946. The lowest BCUT2D eigenvalue weighted by Gasteiger charge is -2.02. The number of carbonyl (C=O) groups excluding carboxylic acids is 2. The van der Waals surface area contributed by atoms with Gasteiger partial charge in [-0.2, -0.15) is 0 Å². The van der Waals surface area contributed by atoms with Crippen molar-refractivity contribution in [2.75, 3.05) is 0 Å². The fourth-order valence-corrected chi connectivity index (χ4v) is 2.22. The molecule has 2 nitrogen and oxygen atoms in total. The van der Waals surface area contributed by atoms with E-state index >= 15 is 0 Å². The zero-order valence-corrected chi connectivity index (χ0v) is 12.1. The third kappa shape index (κ3) is 3.92. The van der Waals surface area contributed by atoms with Gasteiger partial charge in [-0.1, -0.05) is 47.5 Å². The summed E-state index contributed by atoms with van der Waals surface area (Å²) in [5.74, 6) is -0.189. The van der Waals surface area contributed by atoms with Crippen LogP contribution < -0.4 is 0 Å². The van der Waals surface area contributed by atoms with E-state index in [1.54, 1.807) is 48.5 Å². The van der Waals surface area contributed by atoms with Gasteiger partial charge < -0.3 is 0 Å². The highest BCUT2D eigenvalue weighted by Crippen LogP contribution is 2.16. The predicted octanol–water partition coefficient (Wildman–Crippen LogP) is 4.84. The van der Waals surface area contributed by atoms with Crippen LogP contribution in [-0.2, 0) is 0 Å². The predicted molar refractivity (Wildman–Crippen MR) is 80.8 cm³/mol. The van der Waals surface area contributed by atoms with Crippen molar-refractivity contribution in [2.24, 2.45) is 0 Å². The molecule has 0 saturated carbocycles. The van der Waals surface area contributed by atoms with E-state index in [9.17, 15) is 9.59 Å². The first kappa shape index (κ1) is 14.8. The maximum atomic E-state index is 12.0. The minimum absolute atomic E-state index is 0.0946. The molecule has 2 rings (SSSR count). The second-order valence-corrected chi connectivity index (χ2v) is 5.24. The van der Waals surface area contributed by atoms with Crippen LogP contribution in [0.1, 0.15) is 33.6 Å². The number of benzene rings is 2. The van der Waals surface area contributed by atoms with E-state index in [0.717, 1.165) is 0 Å². The van der Waals surface area contributed by atoms with E-state index in [1.807, 2.05) is 0 Å². The number of Topliss-reactive ketones (excluding diaryl/α,β-unsaturated/α-hetero) is 2. The fraction of sp³-hybridized carbons (Fsp3) is 0.125. The Morgan fingerprint density at radius 1 is 0.750 bits per heavy atom. The Kier molecular flexibility index (Phi) is 4.94. The smallest absolute Gasteiger partial charge is 0.163 e. The standard InChI is InChI=1S/C16H12Cl2O2/c17-13-5-1-3-11(9-13)15(19)7-8-16(20)12-4-2-6-14(18)10-12/h1-6,9-10H,7-8H2. The van der Waals surface area contributed by atoms with Crippen LogP contribution in [0.5, 0.6) is 0 Å². The van der Waals surface area contributed by atoms with E-state index < -0.39 is 0 Å². The van der Waals surface area contributed by atoms with Gasteiger partial charge in [-0.3, -0.25) is 9.59 Å². The van der Waals surface area contributed by atoms with Gasteiger partial charge >= 0.3 is 0 Å². The van der Waals surface area contributed by atoms with Crippen molar-refractivity contribution in [3.05, 3.63) is 69.7 Å². The summed E-state index contributed by atoms with van der Waals surface area (Å²) in [4.78, 5) is 23.9. The number of rotatable bonds is 5. The van der Waals surface area contributed by atoms with Gasteiger partial charge in [-0.15, -0.1) is 0 Å². The maximum Gasteiger partial charge on any atom is 0.163 e. The molecule has 0 saturated heterocycles. The van der Waals surface area contributed by atoms with E-state index in [0.29, 0.717) is 21.2 Å². The Bertz CT molecular complexity index is 593. The molecule has 0 radical (unpaired) electrons. The molecule has 4 heteroatoms. The Morgan fingerprint density at radius 2 is 1.15 bits per heavy atom. The summed E-state index contributed by atoms with van der Waals surface area (Å²) in [5, 5.41) is 1.02. The Balaban J connectivity index is 1.98. The maximum absolute atomic E-state index is 12.0. The molecule has 0 spiro atoms. The average molecular weight is 307 g/mol. The van der Waals surface area contributed by atoms with Crippen LogP contribution in [0, 0.1) is 0 Å². The van der Waals surface area contributed by atoms with Gasteiger partial charge in [0.25, 0.3) is 0 Å². The molecule has 2 aromatic rings. The van der Waals surface area contributed by atoms with Crippen LogP contribution in [-0.4, -0.2) is 11.6 Å². The Labute approximate surface area is 127 Å². The summed E-state index contributed by atoms with van der Waals surface area (Å²) in [6, 6.07) is 13.4. The molecule has 0 unspecified atom stereocenters. The van der Waals surface area contributed by atoms with Gasteiger partial charge in [0.05, 0.1) is 0 Å². The van der Waals surface area contributed by atoms with E-state index in [1.165, 1.54) is 0 Å². The Hall–Kier alpha value is -1.64. The summed E-state index contributed by atoms with van der Waals surface area (Å²) in [6.07, 6.45) is 0.317. The highest BCUT2D eigenvalue weighted by molar-refractivity contribution is 6.31. The second kappa shape index (κ2) is 6.69. The molecule has 0 atom stereocenters. The van der Waals surface area contributed by atoms with Crippen molar-refractivity contribution in [1.29, 1.82) is 0 Å². The number of hydrogen-bond acceptors (Lipinski definition) is 2. The molecule has 0 aliphatic carbocycles. The molecule has 0 bridgehead atoms. The van der Waals surface area contributed by atoms with E-state index in [-0.39, 0.29) is 24.4 Å². The van der Waals surface area contributed by atoms with E-state index in [2.05, 4.69) is 0 Å². The summed E-state index contributed by atoms with van der Waals surface area (Å²) >= 11 is 11.7. The molecular weight excluding hydrogens is 295 g/mol.